The topological polar surface area (TPSA) is 94.0 Å². The number of aromatic nitrogens is 2. The molecule has 0 aliphatic rings. The molecule has 0 saturated heterocycles. The van der Waals surface area contributed by atoms with Crippen molar-refractivity contribution in [3.8, 4) is 0 Å². The fraction of sp³-hybridized carbons (Fsp3) is 0.400. The molecule has 1 aromatic carbocycles. The molecule has 0 spiro atoms. The number of benzene rings is 1. The fourth-order valence-electron chi connectivity index (χ4n) is 1.95. The Morgan fingerprint density at radius 3 is 2.64 bits per heavy atom. The Hall–Kier alpha value is -1.92. The summed E-state index contributed by atoms with van der Waals surface area (Å²) in [6.45, 7) is 3.59. The Kier molecular flexibility index (Phi) is 7.01. The van der Waals surface area contributed by atoms with E-state index in [0.29, 0.717) is 18.1 Å². The van der Waals surface area contributed by atoms with Crippen molar-refractivity contribution in [3.05, 3.63) is 47.6 Å². The van der Waals surface area contributed by atoms with E-state index in [-0.39, 0.29) is 36.8 Å². The molecule has 0 bridgehead atoms. The Morgan fingerprint density at radius 1 is 1.32 bits per heavy atom. The Labute approximate surface area is 135 Å². The summed E-state index contributed by atoms with van der Waals surface area (Å²) < 4.78 is 5.20. The molecule has 7 heteroatoms. The van der Waals surface area contributed by atoms with Crippen LogP contribution in [0.3, 0.4) is 0 Å². The first-order valence-electron chi connectivity index (χ1n) is 6.96. The Balaban J connectivity index is 0.00000242. The molecule has 0 saturated carbocycles. The molecule has 1 amide bonds. The van der Waals surface area contributed by atoms with Crippen LogP contribution in [0.2, 0.25) is 0 Å². The molecule has 0 radical (unpaired) electrons. The van der Waals surface area contributed by atoms with Gasteiger partial charge in [-0.1, -0.05) is 35.5 Å². The number of carbonyl (C=O) groups is 1. The predicted molar refractivity (Wildman–Crippen MR) is 85.6 cm³/mol. The third kappa shape index (κ3) is 5.46. The molecule has 22 heavy (non-hydrogen) atoms. The Morgan fingerprint density at radius 2 is 2.00 bits per heavy atom. The van der Waals surface area contributed by atoms with Crippen LogP contribution in [-0.2, 0) is 11.2 Å². The smallest absolute Gasteiger partial charge is 0.248 e. The predicted octanol–water partition coefficient (Wildman–Crippen LogP) is 2.00. The SMILES string of the molecule is CC(N)CC(=O)NC(C)c1nc(Cc2ccccc2)no1.Cl. The highest BCUT2D eigenvalue weighted by Gasteiger charge is 2.17. The molecule has 2 unspecified atom stereocenters. The summed E-state index contributed by atoms with van der Waals surface area (Å²) in [5.41, 5.74) is 6.70. The number of nitrogens with zero attached hydrogens (tertiary/aromatic N) is 2. The van der Waals surface area contributed by atoms with Crippen molar-refractivity contribution < 1.29 is 9.32 Å². The minimum absolute atomic E-state index is 0. The molecule has 1 heterocycles. The second-order valence-electron chi connectivity index (χ2n) is 5.18. The summed E-state index contributed by atoms with van der Waals surface area (Å²) in [6, 6.07) is 9.40. The number of nitrogens with two attached hydrogens (primary N) is 1. The van der Waals surface area contributed by atoms with Crippen LogP contribution in [-0.4, -0.2) is 22.1 Å². The summed E-state index contributed by atoms with van der Waals surface area (Å²) in [4.78, 5) is 16.0. The average Bonchev–Trinajstić information content (AvgIpc) is 2.87. The van der Waals surface area contributed by atoms with E-state index in [1.807, 2.05) is 30.3 Å². The standard InChI is InChI=1S/C15H20N4O2.ClH/c1-10(16)8-14(20)17-11(2)15-18-13(19-21-15)9-12-6-4-3-5-7-12;/h3-7,10-11H,8-9,16H2,1-2H3,(H,17,20);1H. The molecule has 1 aromatic heterocycles. The van der Waals surface area contributed by atoms with E-state index in [1.54, 1.807) is 13.8 Å². The molecule has 0 aliphatic heterocycles. The number of hydrogen-bond acceptors (Lipinski definition) is 5. The van der Waals surface area contributed by atoms with Gasteiger partial charge in [0.1, 0.15) is 6.04 Å². The molecule has 120 valence electrons. The summed E-state index contributed by atoms with van der Waals surface area (Å²) in [5, 5.41) is 6.73. The van der Waals surface area contributed by atoms with Crippen LogP contribution in [0, 0.1) is 0 Å². The highest BCUT2D eigenvalue weighted by molar-refractivity contribution is 5.85. The van der Waals surface area contributed by atoms with E-state index in [2.05, 4.69) is 15.5 Å². The van der Waals surface area contributed by atoms with E-state index >= 15 is 0 Å². The van der Waals surface area contributed by atoms with Gasteiger partial charge >= 0.3 is 0 Å². The third-order valence-corrected chi connectivity index (χ3v) is 2.94. The quantitative estimate of drug-likeness (QED) is 0.847. The zero-order valence-corrected chi connectivity index (χ0v) is 13.5. The lowest BCUT2D eigenvalue weighted by atomic mass is 10.1. The van der Waals surface area contributed by atoms with Gasteiger partial charge in [-0.2, -0.15) is 4.98 Å². The van der Waals surface area contributed by atoms with Crippen molar-refractivity contribution in [2.24, 2.45) is 5.73 Å². The van der Waals surface area contributed by atoms with Crippen molar-refractivity contribution in [1.29, 1.82) is 0 Å². The van der Waals surface area contributed by atoms with Crippen LogP contribution < -0.4 is 11.1 Å². The van der Waals surface area contributed by atoms with Gasteiger partial charge in [-0.05, 0) is 19.4 Å². The average molecular weight is 325 g/mol. The summed E-state index contributed by atoms with van der Waals surface area (Å²) in [7, 11) is 0. The molecule has 3 N–H and O–H groups in total. The maximum atomic E-state index is 11.7. The van der Waals surface area contributed by atoms with Crippen LogP contribution in [0.5, 0.6) is 0 Å². The van der Waals surface area contributed by atoms with Crippen molar-refractivity contribution in [1.82, 2.24) is 15.5 Å². The molecule has 0 fully saturated rings. The van der Waals surface area contributed by atoms with Gasteiger partial charge in [-0.3, -0.25) is 4.79 Å². The van der Waals surface area contributed by atoms with Gasteiger partial charge in [0.15, 0.2) is 5.82 Å². The lowest BCUT2D eigenvalue weighted by molar-refractivity contribution is -0.122. The molecule has 2 rings (SSSR count). The van der Waals surface area contributed by atoms with Crippen molar-refractivity contribution in [3.63, 3.8) is 0 Å². The van der Waals surface area contributed by atoms with E-state index in [1.165, 1.54) is 0 Å². The molecular weight excluding hydrogens is 304 g/mol. The van der Waals surface area contributed by atoms with Crippen LogP contribution in [0.15, 0.2) is 34.9 Å². The molecule has 0 aliphatic carbocycles. The maximum absolute atomic E-state index is 11.7. The summed E-state index contributed by atoms with van der Waals surface area (Å²) in [5.74, 6) is 0.878. The van der Waals surface area contributed by atoms with E-state index in [9.17, 15) is 4.79 Å². The number of nitrogens with one attached hydrogen (secondary N) is 1. The van der Waals surface area contributed by atoms with E-state index < -0.39 is 0 Å². The number of rotatable bonds is 6. The second-order valence-corrected chi connectivity index (χ2v) is 5.18. The fourth-order valence-corrected chi connectivity index (χ4v) is 1.95. The lowest BCUT2D eigenvalue weighted by Gasteiger charge is -2.10. The first-order chi connectivity index (χ1) is 10.0. The lowest BCUT2D eigenvalue weighted by Crippen LogP contribution is -2.31. The summed E-state index contributed by atoms with van der Waals surface area (Å²) >= 11 is 0. The minimum Gasteiger partial charge on any atom is -0.345 e. The number of hydrogen-bond donors (Lipinski definition) is 2. The van der Waals surface area contributed by atoms with Crippen LogP contribution in [0.4, 0.5) is 0 Å². The van der Waals surface area contributed by atoms with Gasteiger partial charge in [0, 0.05) is 18.9 Å². The van der Waals surface area contributed by atoms with Crippen LogP contribution in [0.1, 0.15) is 43.6 Å². The molecule has 2 aromatic rings. The normalized spacial score (nSPS) is 13.0. The zero-order valence-electron chi connectivity index (χ0n) is 12.7. The van der Waals surface area contributed by atoms with Gasteiger partial charge in [-0.15, -0.1) is 12.4 Å². The van der Waals surface area contributed by atoms with E-state index in [0.717, 1.165) is 5.56 Å². The maximum Gasteiger partial charge on any atom is 0.248 e. The number of amides is 1. The van der Waals surface area contributed by atoms with Crippen molar-refractivity contribution in [2.45, 2.75) is 38.8 Å². The zero-order chi connectivity index (χ0) is 15.2. The Bertz CT molecular complexity index is 586. The molecule has 6 nitrogen and oxygen atoms in total. The molecular formula is C15H21ClN4O2. The third-order valence-electron chi connectivity index (χ3n) is 2.94. The van der Waals surface area contributed by atoms with Crippen molar-refractivity contribution in [2.75, 3.05) is 0 Å². The van der Waals surface area contributed by atoms with Crippen LogP contribution >= 0.6 is 12.4 Å². The van der Waals surface area contributed by atoms with Gasteiger partial charge in [-0.25, -0.2) is 0 Å². The minimum atomic E-state index is -0.326. The second kappa shape index (κ2) is 8.51. The number of carbonyl (C=O) groups excluding carboxylic acids is 1. The molecule has 2 atom stereocenters. The van der Waals surface area contributed by atoms with Gasteiger partial charge < -0.3 is 15.6 Å². The van der Waals surface area contributed by atoms with E-state index in [4.69, 9.17) is 10.3 Å². The number of halogens is 1. The van der Waals surface area contributed by atoms with Crippen molar-refractivity contribution >= 4 is 18.3 Å². The van der Waals surface area contributed by atoms with Crippen LogP contribution in [0.25, 0.3) is 0 Å². The largest absolute Gasteiger partial charge is 0.345 e. The van der Waals surface area contributed by atoms with Gasteiger partial charge in [0.25, 0.3) is 0 Å². The van der Waals surface area contributed by atoms with Gasteiger partial charge in [0.2, 0.25) is 11.8 Å². The van der Waals surface area contributed by atoms with Gasteiger partial charge in [0.05, 0.1) is 0 Å². The highest BCUT2D eigenvalue weighted by atomic mass is 35.5. The highest BCUT2D eigenvalue weighted by Crippen LogP contribution is 2.12. The summed E-state index contributed by atoms with van der Waals surface area (Å²) in [6.07, 6.45) is 0.875. The first kappa shape index (κ1) is 18.1. The first-order valence-corrected chi connectivity index (χ1v) is 6.96. The monoisotopic (exact) mass is 324 g/mol.